The van der Waals surface area contributed by atoms with Crippen molar-refractivity contribution in [2.45, 2.75) is 38.0 Å². The summed E-state index contributed by atoms with van der Waals surface area (Å²) >= 11 is 0. The lowest BCUT2D eigenvalue weighted by atomic mass is 9.87. The van der Waals surface area contributed by atoms with Crippen LogP contribution >= 0.6 is 0 Å². The van der Waals surface area contributed by atoms with Crippen LogP contribution in [0.4, 0.5) is 0 Å². The molecule has 0 atom stereocenters. The van der Waals surface area contributed by atoms with Gasteiger partial charge in [0.2, 0.25) is 0 Å². The molecule has 0 saturated heterocycles. The fourth-order valence-electron chi connectivity index (χ4n) is 2.18. The van der Waals surface area contributed by atoms with Gasteiger partial charge in [-0.15, -0.1) is 0 Å². The largest absolute Gasteiger partial charge is 0.461 e. The molecular weight excluding hydrogens is 188 g/mol. The topological polar surface area (TPSA) is 30.2 Å². The van der Waals surface area contributed by atoms with Gasteiger partial charge in [0.15, 0.2) is 5.43 Å². The van der Waals surface area contributed by atoms with E-state index < -0.39 is 0 Å². The molecule has 1 aromatic heterocycles. The van der Waals surface area contributed by atoms with Gasteiger partial charge in [-0.3, -0.25) is 4.79 Å². The van der Waals surface area contributed by atoms with Crippen LogP contribution in [-0.4, -0.2) is 0 Å². The fraction of sp³-hybridized carbons (Fsp3) is 0.462. The number of rotatable bonds is 1. The van der Waals surface area contributed by atoms with Crippen LogP contribution in [0.5, 0.6) is 0 Å². The van der Waals surface area contributed by atoms with E-state index in [1.54, 1.807) is 6.07 Å². The van der Waals surface area contributed by atoms with E-state index in [4.69, 9.17) is 4.42 Å². The van der Waals surface area contributed by atoms with E-state index in [9.17, 15) is 4.79 Å². The van der Waals surface area contributed by atoms with E-state index in [-0.39, 0.29) is 5.43 Å². The predicted molar refractivity (Wildman–Crippen MR) is 61.1 cm³/mol. The Morgan fingerprint density at radius 1 is 1.20 bits per heavy atom. The van der Waals surface area contributed by atoms with Gasteiger partial charge >= 0.3 is 0 Å². The lowest BCUT2D eigenvalue weighted by Gasteiger charge is -2.20. The van der Waals surface area contributed by atoms with Crippen molar-refractivity contribution in [3.8, 4) is 0 Å². The van der Waals surface area contributed by atoms with Gasteiger partial charge in [0.1, 0.15) is 11.2 Å². The SMILES string of the molecule is C=c1oc(C2CCCCC2)cc(=O)c1=C. The molecule has 80 valence electrons. The molecule has 2 nitrogen and oxygen atoms in total. The molecule has 1 saturated carbocycles. The minimum atomic E-state index is -0.0492. The molecule has 0 aromatic carbocycles. The first-order chi connectivity index (χ1) is 7.18. The molecule has 2 heteroatoms. The summed E-state index contributed by atoms with van der Waals surface area (Å²) < 4.78 is 5.55. The lowest BCUT2D eigenvalue weighted by Crippen LogP contribution is -2.37. The van der Waals surface area contributed by atoms with Gasteiger partial charge < -0.3 is 4.42 Å². The van der Waals surface area contributed by atoms with Crippen LogP contribution < -0.4 is 16.1 Å². The predicted octanol–water partition coefficient (Wildman–Crippen LogP) is 1.51. The molecule has 0 unspecified atom stereocenters. The molecule has 0 radical (unpaired) electrons. The second kappa shape index (κ2) is 4.05. The van der Waals surface area contributed by atoms with E-state index in [0.717, 1.165) is 18.6 Å². The summed E-state index contributed by atoms with van der Waals surface area (Å²) in [7, 11) is 0. The minimum absolute atomic E-state index is 0.0492. The van der Waals surface area contributed by atoms with Crippen LogP contribution in [0.2, 0.25) is 0 Å². The zero-order valence-corrected chi connectivity index (χ0v) is 8.92. The highest BCUT2D eigenvalue weighted by molar-refractivity contribution is 5.14. The van der Waals surface area contributed by atoms with Crippen LogP contribution in [0.15, 0.2) is 15.3 Å². The van der Waals surface area contributed by atoms with Crippen LogP contribution in [0.25, 0.3) is 13.2 Å². The second-order valence-electron chi connectivity index (χ2n) is 4.25. The molecule has 1 aromatic rings. The monoisotopic (exact) mass is 204 g/mol. The quantitative estimate of drug-likeness (QED) is 0.694. The van der Waals surface area contributed by atoms with Crippen molar-refractivity contribution in [2.24, 2.45) is 0 Å². The molecule has 15 heavy (non-hydrogen) atoms. The van der Waals surface area contributed by atoms with Gasteiger partial charge in [-0.05, 0) is 12.8 Å². The Hall–Kier alpha value is -1.31. The van der Waals surface area contributed by atoms with Crippen molar-refractivity contribution in [3.05, 3.63) is 32.7 Å². The highest BCUT2D eigenvalue weighted by atomic mass is 16.3. The van der Waals surface area contributed by atoms with Crippen molar-refractivity contribution in [1.82, 2.24) is 0 Å². The van der Waals surface area contributed by atoms with Crippen molar-refractivity contribution in [2.75, 3.05) is 0 Å². The van der Waals surface area contributed by atoms with Crippen LogP contribution in [0, 0.1) is 0 Å². The van der Waals surface area contributed by atoms with E-state index in [1.807, 2.05) is 0 Å². The average molecular weight is 204 g/mol. The average Bonchev–Trinajstić information content (AvgIpc) is 2.26. The Balaban J connectivity index is 2.40. The standard InChI is InChI=1S/C13H16O2/c1-9-10(2)15-13(8-12(9)14)11-6-4-3-5-7-11/h8,11H,1-7H2. The van der Waals surface area contributed by atoms with Gasteiger partial charge in [0, 0.05) is 12.0 Å². The molecule has 1 fully saturated rings. The Labute approximate surface area is 88.9 Å². The summed E-state index contributed by atoms with van der Waals surface area (Å²) in [6.45, 7) is 7.34. The normalized spacial score (nSPS) is 17.9. The van der Waals surface area contributed by atoms with Crippen LogP contribution in [-0.2, 0) is 0 Å². The van der Waals surface area contributed by atoms with E-state index in [1.165, 1.54) is 19.3 Å². The Morgan fingerprint density at radius 3 is 2.47 bits per heavy atom. The highest BCUT2D eigenvalue weighted by Gasteiger charge is 2.18. The lowest BCUT2D eigenvalue weighted by molar-refractivity contribution is 0.354. The second-order valence-corrected chi connectivity index (χ2v) is 4.25. The first-order valence-corrected chi connectivity index (χ1v) is 5.50. The van der Waals surface area contributed by atoms with Gasteiger partial charge in [-0.2, -0.15) is 0 Å². The Bertz CT molecular complexity index is 458. The van der Waals surface area contributed by atoms with Gasteiger partial charge in [0.25, 0.3) is 0 Å². The van der Waals surface area contributed by atoms with E-state index in [0.29, 0.717) is 16.6 Å². The van der Waals surface area contributed by atoms with Crippen molar-refractivity contribution in [3.63, 3.8) is 0 Å². The summed E-state index contributed by atoms with van der Waals surface area (Å²) in [5, 5.41) is 0.384. The van der Waals surface area contributed by atoms with E-state index >= 15 is 0 Å². The molecule has 1 aliphatic rings. The molecule has 0 N–H and O–H groups in total. The summed E-state index contributed by atoms with van der Waals surface area (Å²) in [6.07, 6.45) is 6.00. The molecular formula is C13H16O2. The fourth-order valence-corrected chi connectivity index (χ4v) is 2.18. The van der Waals surface area contributed by atoms with E-state index in [2.05, 4.69) is 13.2 Å². The van der Waals surface area contributed by atoms with Crippen LogP contribution in [0.1, 0.15) is 43.8 Å². The van der Waals surface area contributed by atoms with Crippen molar-refractivity contribution in [1.29, 1.82) is 0 Å². The maximum atomic E-state index is 11.5. The van der Waals surface area contributed by atoms with Gasteiger partial charge in [0.05, 0.1) is 5.22 Å². The molecule has 0 amide bonds. The molecule has 0 bridgehead atoms. The molecule has 0 aliphatic heterocycles. The maximum Gasteiger partial charge on any atom is 0.192 e. The third-order valence-electron chi connectivity index (χ3n) is 3.16. The van der Waals surface area contributed by atoms with Crippen molar-refractivity contribution >= 4 is 13.2 Å². The highest BCUT2D eigenvalue weighted by Crippen LogP contribution is 2.31. The summed E-state index contributed by atoms with van der Waals surface area (Å²) in [6, 6.07) is 1.59. The molecule has 0 spiro atoms. The number of hydrogen-bond acceptors (Lipinski definition) is 2. The first kappa shape index (κ1) is 10.2. The van der Waals surface area contributed by atoms with Crippen molar-refractivity contribution < 1.29 is 4.42 Å². The van der Waals surface area contributed by atoms with Gasteiger partial charge in [-0.25, -0.2) is 0 Å². The smallest absolute Gasteiger partial charge is 0.192 e. The summed E-state index contributed by atoms with van der Waals surface area (Å²) in [5.41, 5.74) is 0.370. The summed E-state index contributed by atoms with van der Waals surface area (Å²) in [5.74, 6) is 1.21. The number of hydrogen-bond donors (Lipinski definition) is 0. The summed E-state index contributed by atoms with van der Waals surface area (Å²) in [4.78, 5) is 11.5. The minimum Gasteiger partial charge on any atom is -0.461 e. The maximum absolute atomic E-state index is 11.5. The molecule has 1 aliphatic carbocycles. The third kappa shape index (κ3) is 2.04. The zero-order chi connectivity index (χ0) is 10.8. The van der Waals surface area contributed by atoms with Gasteiger partial charge in [-0.1, -0.05) is 32.4 Å². The Morgan fingerprint density at radius 2 is 1.87 bits per heavy atom. The zero-order valence-electron chi connectivity index (χ0n) is 8.92. The van der Waals surface area contributed by atoms with Crippen LogP contribution in [0.3, 0.4) is 0 Å². The molecule has 2 rings (SSSR count). The first-order valence-electron chi connectivity index (χ1n) is 5.50. The Kier molecular flexibility index (Phi) is 2.76. The molecule has 1 heterocycles. The third-order valence-corrected chi connectivity index (χ3v) is 3.16.